The van der Waals surface area contributed by atoms with E-state index >= 15 is 0 Å². The van der Waals surface area contributed by atoms with E-state index in [2.05, 4.69) is 47.6 Å². The molecule has 0 N–H and O–H groups in total. The number of aromatic nitrogens is 4. The number of rotatable bonds is 8. The Hall–Kier alpha value is -5.64. The summed E-state index contributed by atoms with van der Waals surface area (Å²) < 4.78 is 43.0. The number of thiophene rings is 1. The summed E-state index contributed by atoms with van der Waals surface area (Å²) in [5.41, 5.74) is 6.86. The van der Waals surface area contributed by atoms with Gasteiger partial charge in [-0.15, -0.1) is 11.3 Å². The summed E-state index contributed by atoms with van der Waals surface area (Å²) in [6, 6.07) is 44.7. The second-order valence-corrected chi connectivity index (χ2v) is 15.2. The number of nitrogens with zero attached hydrogens (tertiary/aromatic N) is 4. The van der Waals surface area contributed by atoms with Gasteiger partial charge in [0.2, 0.25) is 0 Å². The molecule has 0 saturated carbocycles. The fraction of sp³-hybridized carbons (Fsp3) is 0.0500. The SMILES string of the molecule is CS(=O)(=O)c1ccc(-c2cnc3ccc(-c4cn(C(c5ccccc5)(c5ccccc5)c5ccccc5)nc4-c4ccc(F)cc4)cn23)s1. The Kier molecular flexibility index (Phi) is 7.58. The van der Waals surface area contributed by atoms with Crippen molar-refractivity contribution in [2.75, 3.05) is 6.26 Å². The van der Waals surface area contributed by atoms with Crippen molar-refractivity contribution in [1.82, 2.24) is 19.2 Å². The third-order valence-corrected chi connectivity index (χ3v) is 11.7. The van der Waals surface area contributed by atoms with Crippen molar-refractivity contribution in [2.24, 2.45) is 0 Å². The van der Waals surface area contributed by atoms with Gasteiger partial charge in [-0.1, -0.05) is 91.0 Å². The van der Waals surface area contributed by atoms with Crippen LogP contribution in [0.15, 0.2) is 162 Å². The van der Waals surface area contributed by atoms with Gasteiger partial charge in [0.1, 0.15) is 26.9 Å². The Bertz CT molecular complexity index is 2430. The molecule has 0 atom stereocenters. The van der Waals surface area contributed by atoms with Gasteiger partial charge in [-0.05, 0) is 65.2 Å². The molecule has 0 fully saturated rings. The second-order valence-electron chi connectivity index (χ2n) is 11.8. The lowest BCUT2D eigenvalue weighted by Gasteiger charge is -2.36. The van der Waals surface area contributed by atoms with Gasteiger partial charge >= 0.3 is 0 Å². The molecule has 0 aliphatic carbocycles. The lowest BCUT2D eigenvalue weighted by molar-refractivity contribution is 0.461. The molecule has 0 spiro atoms. The van der Waals surface area contributed by atoms with Gasteiger partial charge in [0.05, 0.1) is 16.8 Å². The third-order valence-electron chi connectivity index (χ3n) is 8.77. The molecule has 8 rings (SSSR count). The van der Waals surface area contributed by atoms with Crippen molar-refractivity contribution < 1.29 is 12.8 Å². The number of hydrogen-bond donors (Lipinski definition) is 0. The maximum Gasteiger partial charge on any atom is 0.184 e. The zero-order valence-corrected chi connectivity index (χ0v) is 27.9. The van der Waals surface area contributed by atoms with E-state index in [9.17, 15) is 12.8 Å². The summed E-state index contributed by atoms with van der Waals surface area (Å²) >= 11 is 1.21. The normalized spacial score (nSPS) is 12.0. The summed E-state index contributed by atoms with van der Waals surface area (Å²) in [7, 11) is -3.35. The van der Waals surface area contributed by atoms with Crippen molar-refractivity contribution in [3.63, 3.8) is 0 Å². The van der Waals surface area contributed by atoms with Crippen LogP contribution < -0.4 is 0 Å². The zero-order chi connectivity index (χ0) is 33.6. The fourth-order valence-electron chi connectivity index (χ4n) is 6.49. The molecule has 0 bridgehead atoms. The van der Waals surface area contributed by atoms with E-state index in [4.69, 9.17) is 5.10 Å². The van der Waals surface area contributed by atoms with Crippen LogP contribution in [0.1, 0.15) is 16.7 Å². The van der Waals surface area contributed by atoms with Crippen molar-refractivity contribution in [1.29, 1.82) is 0 Å². The predicted molar refractivity (Wildman–Crippen MR) is 193 cm³/mol. The second kappa shape index (κ2) is 12.1. The number of hydrogen-bond acceptors (Lipinski definition) is 5. The highest BCUT2D eigenvalue weighted by Crippen LogP contribution is 2.43. The van der Waals surface area contributed by atoms with E-state index in [1.54, 1.807) is 24.4 Å². The monoisotopic (exact) mass is 680 g/mol. The van der Waals surface area contributed by atoms with Gasteiger partial charge in [0, 0.05) is 35.3 Å². The van der Waals surface area contributed by atoms with Gasteiger partial charge in [0.15, 0.2) is 9.84 Å². The quantitative estimate of drug-likeness (QED) is 0.150. The standard InChI is InChI=1S/C40H29FN4O2S2/c1-49(46,47)38-24-22-36(48-38)35-25-42-37-23-19-29(26-44(35)37)34-27-45(43-39(34)28-17-20-33(41)21-18-28)40(30-11-5-2-6-12-30,31-13-7-3-8-14-31)32-15-9-4-10-16-32/h2-27H,1H3. The first-order chi connectivity index (χ1) is 23.8. The first-order valence-electron chi connectivity index (χ1n) is 15.6. The summed E-state index contributed by atoms with van der Waals surface area (Å²) in [6.07, 6.45) is 7.04. The first kappa shape index (κ1) is 30.7. The highest BCUT2D eigenvalue weighted by Gasteiger charge is 2.40. The largest absolute Gasteiger partial charge is 0.298 e. The fourth-order valence-corrected chi connectivity index (χ4v) is 8.43. The number of halogens is 1. The van der Waals surface area contributed by atoms with Crippen LogP contribution in [0.5, 0.6) is 0 Å². The predicted octanol–water partition coefficient (Wildman–Crippen LogP) is 8.98. The lowest BCUT2D eigenvalue weighted by atomic mass is 9.77. The Labute approximate surface area is 287 Å². The van der Waals surface area contributed by atoms with Gasteiger partial charge in [-0.25, -0.2) is 17.8 Å². The van der Waals surface area contributed by atoms with Crippen molar-refractivity contribution in [2.45, 2.75) is 9.75 Å². The number of sulfone groups is 1. The zero-order valence-electron chi connectivity index (χ0n) is 26.3. The first-order valence-corrected chi connectivity index (χ1v) is 18.3. The Morgan fingerprint density at radius 1 is 0.673 bits per heavy atom. The Morgan fingerprint density at radius 3 is 1.80 bits per heavy atom. The van der Waals surface area contributed by atoms with Gasteiger partial charge < -0.3 is 0 Å². The van der Waals surface area contributed by atoms with Crippen LogP contribution in [0.4, 0.5) is 4.39 Å². The van der Waals surface area contributed by atoms with Crippen LogP contribution in [-0.2, 0) is 15.4 Å². The van der Waals surface area contributed by atoms with E-state index in [-0.39, 0.29) is 5.82 Å². The maximum atomic E-state index is 14.2. The molecule has 0 unspecified atom stereocenters. The van der Waals surface area contributed by atoms with Crippen LogP contribution in [0.3, 0.4) is 0 Å². The van der Waals surface area contributed by atoms with Crippen LogP contribution >= 0.6 is 11.3 Å². The average molecular weight is 681 g/mol. The van der Waals surface area contributed by atoms with Gasteiger partial charge in [0.25, 0.3) is 0 Å². The molecule has 4 aromatic heterocycles. The highest BCUT2D eigenvalue weighted by molar-refractivity contribution is 7.92. The van der Waals surface area contributed by atoms with Crippen molar-refractivity contribution in [3.05, 3.63) is 181 Å². The summed E-state index contributed by atoms with van der Waals surface area (Å²) in [5, 5.41) is 5.37. The van der Waals surface area contributed by atoms with Crippen LogP contribution in [0.25, 0.3) is 38.6 Å². The number of pyridine rings is 1. The molecule has 0 amide bonds. The van der Waals surface area contributed by atoms with Gasteiger partial charge in [-0.3, -0.25) is 9.08 Å². The molecule has 0 aliphatic rings. The average Bonchev–Trinajstić information content (AvgIpc) is 3.89. The minimum Gasteiger partial charge on any atom is -0.298 e. The molecule has 9 heteroatoms. The van der Waals surface area contributed by atoms with Crippen LogP contribution in [0.2, 0.25) is 0 Å². The van der Waals surface area contributed by atoms with E-state index in [1.165, 1.54) is 29.7 Å². The molecule has 0 aliphatic heterocycles. The lowest BCUT2D eigenvalue weighted by Crippen LogP contribution is -2.38. The molecular weight excluding hydrogens is 652 g/mol. The number of imidazole rings is 1. The molecule has 49 heavy (non-hydrogen) atoms. The van der Waals surface area contributed by atoms with E-state index in [0.29, 0.717) is 9.90 Å². The molecule has 0 saturated heterocycles. The summed E-state index contributed by atoms with van der Waals surface area (Å²) in [4.78, 5) is 5.40. The molecular formula is C40H29FN4O2S2. The molecule has 240 valence electrons. The Balaban J connectivity index is 1.40. The molecule has 4 heterocycles. The minimum atomic E-state index is -3.35. The third kappa shape index (κ3) is 5.37. The number of benzene rings is 4. The minimum absolute atomic E-state index is 0.299. The van der Waals surface area contributed by atoms with Crippen molar-refractivity contribution >= 4 is 26.8 Å². The summed E-state index contributed by atoms with van der Waals surface area (Å²) in [6.45, 7) is 0. The Morgan fingerprint density at radius 2 is 1.24 bits per heavy atom. The maximum absolute atomic E-state index is 14.2. The molecule has 0 radical (unpaired) electrons. The highest BCUT2D eigenvalue weighted by atomic mass is 32.2. The summed E-state index contributed by atoms with van der Waals surface area (Å²) in [5.74, 6) is -0.328. The number of fused-ring (bicyclic) bond motifs is 1. The van der Waals surface area contributed by atoms with Crippen LogP contribution in [-0.4, -0.2) is 33.8 Å². The van der Waals surface area contributed by atoms with Gasteiger partial charge in [-0.2, -0.15) is 5.10 Å². The van der Waals surface area contributed by atoms with E-state index in [1.807, 2.05) is 88.1 Å². The van der Waals surface area contributed by atoms with Crippen LogP contribution in [0, 0.1) is 5.82 Å². The van der Waals surface area contributed by atoms with E-state index < -0.39 is 15.4 Å². The molecule has 6 nitrogen and oxygen atoms in total. The topological polar surface area (TPSA) is 69.3 Å². The van der Waals surface area contributed by atoms with Crippen molar-refractivity contribution in [3.8, 4) is 33.0 Å². The smallest absolute Gasteiger partial charge is 0.184 e. The van der Waals surface area contributed by atoms with E-state index in [0.717, 1.165) is 49.6 Å². The molecule has 4 aromatic carbocycles. The molecule has 8 aromatic rings.